The van der Waals surface area contributed by atoms with Crippen molar-refractivity contribution in [2.24, 2.45) is 17.2 Å². The van der Waals surface area contributed by atoms with E-state index >= 15 is 0 Å². The predicted molar refractivity (Wildman–Crippen MR) is 313 cm³/mol. The number of carbonyl (C=O) groups is 10. The molecule has 36 heteroatoms. The number of carbonyl (C=O) groups excluding carboxylic acids is 7. The first kappa shape index (κ1) is 77.5. The van der Waals surface area contributed by atoms with E-state index in [2.05, 4.69) is 49.8 Å². The van der Waals surface area contributed by atoms with Crippen LogP contribution in [0.5, 0.6) is 0 Å². The first-order valence-electron chi connectivity index (χ1n) is 28.6. The summed E-state index contributed by atoms with van der Waals surface area (Å²) in [6.45, 7) is -1.19. The van der Waals surface area contributed by atoms with Crippen LogP contribution in [0.2, 0.25) is 0 Å². The zero-order valence-corrected chi connectivity index (χ0v) is 50.2. The summed E-state index contributed by atoms with van der Waals surface area (Å²) >= 11 is 3.82. The lowest BCUT2D eigenvalue weighted by molar-refractivity contribution is -0.144. The summed E-state index contributed by atoms with van der Waals surface area (Å²) in [5, 5.41) is 55.1. The molecule has 29 nitrogen and oxygen atoms in total. The fourth-order valence-electron chi connectivity index (χ4n) is 9.22. The monoisotopic (exact) mass is 1320 g/mol. The molecule has 0 spiro atoms. The van der Waals surface area contributed by atoms with Gasteiger partial charge in [0.05, 0.1) is 88.2 Å². The zero-order chi connectivity index (χ0) is 67.9. The molecule has 1 fully saturated rings. The van der Waals surface area contributed by atoms with Crippen molar-refractivity contribution in [2.75, 3.05) is 71.4 Å². The number of amides is 6. The molecule has 2 aromatic carbocycles. The standard InChI is InChI=1S/C55H79F6N13O16S/c56-54(57,58)34-22-32(23-35(24-34)55(59,60)61)29-90-41-11-6-17-74(46(41)33-8-2-1-3-9-33)28-43(77)66-16-19-89-21-20-88-18-12-42(76)73-53(31-75,13-7-15-67-52(64)65)72-39(26-45(80)81)50(85)69-37(10-4-5-14-62)48(83)68-27-36(63)47(82)70-38(25-44(78)79)49(84)71-40(30-91)51(86)87/h1-3,8-9,22-24,31,36-41,46,72,91H,4-7,10-21,25-30,62-63H2,(H,66,77)(H,68,83)(H,69,85)(H,70,82)(H,71,84)(H,73,76)(H,78,79)(H,80,81)(H,86,87)(H4,64,65,67)/t36-,37?,38-,39-,40-,41-,46-,53?/m0/s1. The molecule has 6 amide bonds. The predicted octanol–water partition coefficient (Wildman–Crippen LogP) is -0.790. The van der Waals surface area contributed by atoms with E-state index in [0.717, 1.165) is 0 Å². The maximum Gasteiger partial charge on any atom is 0.416 e. The summed E-state index contributed by atoms with van der Waals surface area (Å²) in [5.41, 5.74) is 12.2. The van der Waals surface area contributed by atoms with Crippen molar-refractivity contribution in [1.82, 2.24) is 47.4 Å². The molecule has 1 aliphatic heterocycles. The molecule has 2 aromatic rings. The van der Waals surface area contributed by atoms with Crippen LogP contribution >= 0.6 is 12.6 Å². The van der Waals surface area contributed by atoms with Gasteiger partial charge in [-0.2, -0.15) is 39.0 Å². The third kappa shape index (κ3) is 28.5. The third-order valence-electron chi connectivity index (χ3n) is 13.7. The number of hydrogen-bond donors (Lipinski definition) is 16. The second kappa shape index (κ2) is 38.8. The fraction of sp³-hybridized carbons (Fsp3) is 0.582. The Balaban J connectivity index is 1.59. The van der Waals surface area contributed by atoms with Crippen LogP contribution in [0.15, 0.2) is 48.5 Å². The molecular weight excluding hydrogens is 1240 g/mol. The number of carboxylic acids is 3. The smallest absolute Gasteiger partial charge is 0.416 e. The molecule has 3 rings (SSSR count). The molecule has 0 aliphatic carbocycles. The number of ether oxygens (including phenoxy) is 3. The van der Waals surface area contributed by atoms with Crippen LogP contribution in [-0.2, 0) is 81.1 Å². The largest absolute Gasteiger partial charge is 0.481 e. The molecule has 0 radical (unpaired) electrons. The first-order chi connectivity index (χ1) is 42.9. The van der Waals surface area contributed by atoms with E-state index in [1.165, 1.54) is 0 Å². The Morgan fingerprint density at radius 3 is 1.92 bits per heavy atom. The molecule has 0 aromatic heterocycles. The number of thiol groups is 1. The first-order valence-corrected chi connectivity index (χ1v) is 29.2. The minimum absolute atomic E-state index is 0.00148. The maximum absolute atomic E-state index is 14.0. The zero-order valence-electron chi connectivity index (χ0n) is 49.3. The van der Waals surface area contributed by atoms with Gasteiger partial charge in [-0.1, -0.05) is 30.3 Å². The summed E-state index contributed by atoms with van der Waals surface area (Å²) < 4.78 is 98.6. The molecule has 8 atom stereocenters. The number of aliphatic carboxylic acids is 3. The normalized spacial score (nSPS) is 16.7. The van der Waals surface area contributed by atoms with Gasteiger partial charge in [-0.3, -0.25) is 58.8 Å². The molecule has 0 bridgehead atoms. The lowest BCUT2D eigenvalue weighted by atomic mass is 9.92. The highest BCUT2D eigenvalue weighted by molar-refractivity contribution is 7.80. The lowest BCUT2D eigenvalue weighted by Gasteiger charge is -2.41. The number of carboxylic acid groups (broad SMARTS) is 3. The van der Waals surface area contributed by atoms with Gasteiger partial charge in [-0.15, -0.1) is 0 Å². The second-order valence-electron chi connectivity index (χ2n) is 20.9. The summed E-state index contributed by atoms with van der Waals surface area (Å²) in [4.78, 5) is 130. The van der Waals surface area contributed by atoms with E-state index in [4.69, 9.17) is 36.8 Å². The Morgan fingerprint density at radius 2 is 1.34 bits per heavy atom. The van der Waals surface area contributed by atoms with Gasteiger partial charge in [0.15, 0.2) is 12.2 Å². The molecule has 0 saturated carbocycles. The Bertz CT molecular complexity index is 2730. The third-order valence-corrected chi connectivity index (χ3v) is 14.0. The van der Waals surface area contributed by atoms with Crippen LogP contribution in [0.25, 0.3) is 0 Å². The number of piperidine rings is 1. The highest BCUT2D eigenvalue weighted by Gasteiger charge is 2.41. The van der Waals surface area contributed by atoms with Gasteiger partial charge in [0.1, 0.15) is 29.8 Å². The van der Waals surface area contributed by atoms with Crippen molar-refractivity contribution >= 4 is 78.2 Å². The quantitative estimate of drug-likeness (QED) is 0.00736. The number of alkyl halides is 6. The van der Waals surface area contributed by atoms with Gasteiger partial charge in [-0.25, -0.2) is 4.79 Å². The molecule has 2 unspecified atom stereocenters. The number of nitrogens with zero attached hydrogens (tertiary/aromatic N) is 1. The summed E-state index contributed by atoms with van der Waals surface area (Å²) in [7, 11) is 0. The number of nitrogens with two attached hydrogens (primary N) is 3. The number of hydrogen-bond acceptors (Lipinski definition) is 19. The lowest BCUT2D eigenvalue weighted by Crippen LogP contribution is -2.66. The number of rotatable bonds is 42. The molecule has 508 valence electrons. The Morgan fingerprint density at radius 1 is 0.736 bits per heavy atom. The average molecular weight is 1320 g/mol. The van der Waals surface area contributed by atoms with Crippen molar-refractivity contribution in [2.45, 2.75) is 131 Å². The van der Waals surface area contributed by atoms with E-state index in [1.54, 1.807) is 35.2 Å². The molecule has 18 N–H and O–H groups in total. The van der Waals surface area contributed by atoms with Crippen LogP contribution < -0.4 is 59.7 Å². The van der Waals surface area contributed by atoms with Crippen LogP contribution in [-0.4, -0.2) is 199 Å². The number of unbranched alkanes of at least 4 members (excludes halogenated alkanes) is 1. The number of halogens is 6. The number of nitrogens with one attached hydrogen (secondary N) is 9. The summed E-state index contributed by atoms with van der Waals surface area (Å²) in [6, 6.07) is 1.06. The summed E-state index contributed by atoms with van der Waals surface area (Å²) in [6.07, 6.45) is -12.0. The second-order valence-corrected chi connectivity index (χ2v) is 21.2. The van der Waals surface area contributed by atoms with Crippen molar-refractivity contribution in [3.63, 3.8) is 0 Å². The molecular formula is C55H79F6N13O16S. The number of likely N-dealkylation sites (tertiary alicyclic amines) is 1. The molecule has 91 heavy (non-hydrogen) atoms. The van der Waals surface area contributed by atoms with E-state index in [0.29, 0.717) is 43.5 Å². The van der Waals surface area contributed by atoms with Gasteiger partial charge in [0.2, 0.25) is 35.4 Å². The van der Waals surface area contributed by atoms with Crippen molar-refractivity contribution in [1.29, 1.82) is 5.41 Å². The minimum atomic E-state index is -5.04. The van der Waals surface area contributed by atoms with Gasteiger partial charge in [0.25, 0.3) is 0 Å². The van der Waals surface area contributed by atoms with Gasteiger partial charge >= 0.3 is 30.3 Å². The highest BCUT2D eigenvalue weighted by atomic mass is 32.1. The Hall–Kier alpha value is -7.74. The van der Waals surface area contributed by atoms with Crippen molar-refractivity contribution in [3.8, 4) is 0 Å². The van der Waals surface area contributed by atoms with Crippen LogP contribution in [0, 0.1) is 5.41 Å². The van der Waals surface area contributed by atoms with Crippen molar-refractivity contribution in [3.05, 3.63) is 70.8 Å². The van der Waals surface area contributed by atoms with Crippen molar-refractivity contribution < 1.29 is 104 Å². The maximum atomic E-state index is 14.0. The van der Waals surface area contributed by atoms with Gasteiger partial charge in [0, 0.05) is 25.4 Å². The fourth-order valence-corrected chi connectivity index (χ4v) is 9.47. The summed E-state index contributed by atoms with van der Waals surface area (Å²) in [5.74, 6) is -11.2. The minimum Gasteiger partial charge on any atom is -0.481 e. The van der Waals surface area contributed by atoms with Crippen LogP contribution in [0.1, 0.15) is 92.5 Å². The molecule has 1 saturated heterocycles. The number of guanidine groups is 1. The number of benzene rings is 2. The van der Waals surface area contributed by atoms with E-state index in [1.807, 2.05) is 5.32 Å². The van der Waals surface area contributed by atoms with Gasteiger partial charge < -0.3 is 83.9 Å². The average Bonchev–Trinajstić information content (AvgIpc) is 1.03. The topological polar surface area (TPSA) is 460 Å². The van der Waals surface area contributed by atoms with Crippen LogP contribution in [0.4, 0.5) is 26.3 Å². The van der Waals surface area contributed by atoms with E-state index in [-0.39, 0.29) is 102 Å². The molecule has 1 aliphatic rings. The van der Waals surface area contributed by atoms with E-state index in [9.17, 15) is 89.6 Å². The molecule has 1 heterocycles. The van der Waals surface area contributed by atoms with Crippen LogP contribution in [0.3, 0.4) is 0 Å². The Labute approximate surface area is 524 Å². The Kier molecular flexibility index (Phi) is 33.1. The SMILES string of the molecule is N=C(N)NCCCC(C=O)(NC(=O)CCOCCOCCNC(=O)CN1CCC[C@H](OCc2cc(C(F)(F)F)cc(C(F)(F)F)c2)[C@@H]1c1ccccc1)N[C@@H](CC(=O)O)C(=O)NC(CCCCN)C(=O)NC[C@H](N)C(=O)N[C@@H](CC(=O)O)C(=O)N[C@@H](CS)C(=O)O. The number of aldehydes is 1. The van der Waals surface area contributed by atoms with Gasteiger partial charge in [-0.05, 0) is 87.4 Å². The highest BCUT2D eigenvalue weighted by Crippen LogP contribution is 2.38. The van der Waals surface area contributed by atoms with E-state index < -0.39 is 163 Å².